The van der Waals surface area contributed by atoms with Crippen LogP contribution >= 0.6 is 11.3 Å². The van der Waals surface area contributed by atoms with Gasteiger partial charge in [0.25, 0.3) is 0 Å². The van der Waals surface area contributed by atoms with Crippen molar-refractivity contribution in [2.24, 2.45) is 0 Å². The second-order valence-electron chi connectivity index (χ2n) is 7.08. The number of amides is 1. The Morgan fingerprint density at radius 3 is 2.79 bits per heavy atom. The molecule has 1 N–H and O–H groups in total. The minimum Gasteiger partial charge on any atom is -0.326 e. The maximum Gasteiger partial charge on any atom is 0.230 e. The molecule has 0 aliphatic rings. The molecule has 0 fully saturated rings. The lowest BCUT2D eigenvalue weighted by Crippen LogP contribution is -2.15. The number of anilines is 1. The van der Waals surface area contributed by atoms with Gasteiger partial charge in [-0.05, 0) is 55.2 Å². The number of aromatic nitrogens is 2. The van der Waals surface area contributed by atoms with E-state index >= 15 is 0 Å². The van der Waals surface area contributed by atoms with E-state index in [0.717, 1.165) is 34.0 Å². The van der Waals surface area contributed by atoms with Crippen LogP contribution in [-0.4, -0.2) is 15.3 Å². The monoisotopic (exact) mass is 389 g/mol. The molecule has 0 aliphatic heterocycles. The first kappa shape index (κ1) is 18.4. The summed E-state index contributed by atoms with van der Waals surface area (Å²) in [5.41, 5.74) is 7.57. The number of carbonyl (C=O) groups excluding carboxylic acids is 1. The fourth-order valence-corrected chi connectivity index (χ4v) is 4.11. The summed E-state index contributed by atoms with van der Waals surface area (Å²) in [5.74, 6) is -0.0191. The normalized spacial score (nSPS) is 11.1. The molecule has 2 aromatic carbocycles. The average molecular weight is 390 g/mol. The average Bonchev–Trinajstić information content (AvgIpc) is 3.26. The van der Waals surface area contributed by atoms with Crippen LogP contribution in [0.15, 0.2) is 54.0 Å². The van der Waals surface area contributed by atoms with Gasteiger partial charge < -0.3 is 5.32 Å². The minimum atomic E-state index is -0.0191. The fraction of sp³-hybridized carbons (Fsp3) is 0.217. The molecule has 2 aromatic heterocycles. The second-order valence-corrected chi connectivity index (χ2v) is 7.92. The Morgan fingerprint density at radius 2 is 2.00 bits per heavy atom. The van der Waals surface area contributed by atoms with Gasteiger partial charge in [0.05, 0.1) is 12.1 Å². The van der Waals surface area contributed by atoms with E-state index in [4.69, 9.17) is 4.98 Å². The van der Waals surface area contributed by atoms with Crippen molar-refractivity contribution in [3.8, 4) is 11.3 Å². The van der Waals surface area contributed by atoms with E-state index in [1.807, 2.05) is 34.2 Å². The summed E-state index contributed by atoms with van der Waals surface area (Å²) in [4.78, 5) is 18.2. The molecular weight excluding hydrogens is 366 g/mol. The van der Waals surface area contributed by atoms with Gasteiger partial charge in [0.15, 0.2) is 4.96 Å². The standard InChI is InChI=1S/C23H23N3OS/c1-4-17-6-5-7-19(11-17)24-22(27)12-20-14-28-23-25-21(13-26(20)23)18-9-8-15(2)16(3)10-18/h5-11,13-14H,4,12H2,1-3H3,(H,24,27). The number of imidazole rings is 1. The van der Waals surface area contributed by atoms with E-state index in [9.17, 15) is 4.79 Å². The van der Waals surface area contributed by atoms with Gasteiger partial charge in [-0.1, -0.05) is 31.2 Å². The number of rotatable bonds is 5. The Morgan fingerprint density at radius 1 is 1.14 bits per heavy atom. The zero-order valence-corrected chi connectivity index (χ0v) is 17.1. The van der Waals surface area contributed by atoms with E-state index in [1.165, 1.54) is 16.7 Å². The number of nitrogens with zero attached hydrogens (tertiary/aromatic N) is 2. The topological polar surface area (TPSA) is 46.4 Å². The molecule has 0 saturated carbocycles. The van der Waals surface area contributed by atoms with Crippen LogP contribution in [-0.2, 0) is 17.6 Å². The van der Waals surface area contributed by atoms with Crippen LogP contribution in [0.25, 0.3) is 16.2 Å². The molecule has 1 amide bonds. The number of thiazole rings is 1. The van der Waals surface area contributed by atoms with E-state index in [1.54, 1.807) is 11.3 Å². The summed E-state index contributed by atoms with van der Waals surface area (Å²) in [6.07, 6.45) is 3.29. The number of nitrogens with one attached hydrogen (secondary N) is 1. The van der Waals surface area contributed by atoms with Gasteiger partial charge in [-0.15, -0.1) is 11.3 Å². The summed E-state index contributed by atoms with van der Waals surface area (Å²) in [6, 6.07) is 14.4. The summed E-state index contributed by atoms with van der Waals surface area (Å²) in [6.45, 7) is 6.33. The van der Waals surface area contributed by atoms with E-state index in [2.05, 4.69) is 50.4 Å². The highest BCUT2D eigenvalue weighted by molar-refractivity contribution is 7.15. The molecule has 0 saturated heterocycles. The van der Waals surface area contributed by atoms with Gasteiger partial charge in [0.1, 0.15) is 0 Å². The first-order valence-corrected chi connectivity index (χ1v) is 10.3. The molecule has 0 unspecified atom stereocenters. The number of hydrogen-bond donors (Lipinski definition) is 1. The number of fused-ring (bicyclic) bond motifs is 1. The molecular formula is C23H23N3OS. The zero-order chi connectivity index (χ0) is 19.7. The number of hydrogen-bond acceptors (Lipinski definition) is 3. The van der Waals surface area contributed by atoms with Crippen LogP contribution in [0.1, 0.15) is 29.3 Å². The number of aryl methyl sites for hydroxylation is 3. The molecule has 0 atom stereocenters. The maximum absolute atomic E-state index is 12.5. The SMILES string of the molecule is CCc1cccc(NC(=O)Cc2csc3nc(-c4ccc(C)c(C)c4)cn23)c1. The largest absolute Gasteiger partial charge is 0.326 e. The van der Waals surface area contributed by atoms with E-state index in [0.29, 0.717) is 6.42 Å². The van der Waals surface area contributed by atoms with Crippen LogP contribution in [0.5, 0.6) is 0 Å². The van der Waals surface area contributed by atoms with Crippen LogP contribution in [0, 0.1) is 13.8 Å². The minimum absolute atomic E-state index is 0.0191. The van der Waals surface area contributed by atoms with Gasteiger partial charge in [0.2, 0.25) is 5.91 Å². The Kier molecular flexibility index (Phi) is 5.01. The lowest BCUT2D eigenvalue weighted by molar-refractivity contribution is -0.115. The maximum atomic E-state index is 12.5. The van der Waals surface area contributed by atoms with Gasteiger partial charge in [-0.25, -0.2) is 4.98 Å². The summed E-state index contributed by atoms with van der Waals surface area (Å²) < 4.78 is 2.03. The van der Waals surface area contributed by atoms with Crippen molar-refractivity contribution in [3.63, 3.8) is 0 Å². The van der Waals surface area contributed by atoms with E-state index < -0.39 is 0 Å². The molecule has 142 valence electrons. The second kappa shape index (κ2) is 7.60. The van der Waals surface area contributed by atoms with Crippen molar-refractivity contribution < 1.29 is 4.79 Å². The summed E-state index contributed by atoms with van der Waals surface area (Å²) in [5, 5.41) is 5.01. The number of carbonyl (C=O) groups is 1. The fourth-order valence-electron chi connectivity index (χ4n) is 3.24. The van der Waals surface area contributed by atoms with Crippen molar-refractivity contribution in [2.45, 2.75) is 33.6 Å². The van der Waals surface area contributed by atoms with Crippen molar-refractivity contribution in [3.05, 3.63) is 76.4 Å². The summed E-state index contributed by atoms with van der Waals surface area (Å²) >= 11 is 1.56. The molecule has 0 spiro atoms. The van der Waals surface area contributed by atoms with Gasteiger partial charge in [-0.2, -0.15) is 0 Å². The number of benzene rings is 2. The molecule has 28 heavy (non-hydrogen) atoms. The Bertz CT molecular complexity index is 1160. The predicted molar refractivity (Wildman–Crippen MR) is 116 cm³/mol. The third kappa shape index (κ3) is 3.71. The molecule has 0 radical (unpaired) electrons. The van der Waals surface area contributed by atoms with Gasteiger partial charge in [-0.3, -0.25) is 9.20 Å². The molecule has 2 heterocycles. The molecule has 4 rings (SSSR count). The van der Waals surface area contributed by atoms with Crippen LogP contribution in [0.2, 0.25) is 0 Å². The predicted octanol–water partition coefficient (Wildman–Crippen LogP) is 5.42. The van der Waals surface area contributed by atoms with Crippen LogP contribution < -0.4 is 5.32 Å². The molecule has 5 heteroatoms. The smallest absolute Gasteiger partial charge is 0.230 e. The summed E-state index contributed by atoms with van der Waals surface area (Å²) in [7, 11) is 0. The van der Waals surface area contributed by atoms with Gasteiger partial charge >= 0.3 is 0 Å². The highest BCUT2D eigenvalue weighted by Crippen LogP contribution is 2.25. The molecule has 0 aliphatic carbocycles. The molecule has 4 nitrogen and oxygen atoms in total. The van der Waals surface area contributed by atoms with Crippen molar-refractivity contribution >= 4 is 27.9 Å². The third-order valence-electron chi connectivity index (χ3n) is 5.05. The van der Waals surface area contributed by atoms with Crippen molar-refractivity contribution in [1.82, 2.24) is 9.38 Å². The Hall–Kier alpha value is -2.92. The zero-order valence-electron chi connectivity index (χ0n) is 16.3. The first-order chi connectivity index (χ1) is 13.5. The third-order valence-corrected chi connectivity index (χ3v) is 5.94. The van der Waals surface area contributed by atoms with Crippen molar-refractivity contribution in [2.75, 3.05) is 5.32 Å². The lowest BCUT2D eigenvalue weighted by Gasteiger charge is -2.06. The molecule has 0 bridgehead atoms. The lowest BCUT2D eigenvalue weighted by atomic mass is 10.0. The quantitative estimate of drug-likeness (QED) is 0.495. The highest BCUT2D eigenvalue weighted by Gasteiger charge is 2.13. The van der Waals surface area contributed by atoms with Crippen LogP contribution in [0.3, 0.4) is 0 Å². The Balaban J connectivity index is 1.55. The van der Waals surface area contributed by atoms with Gasteiger partial charge in [0, 0.05) is 28.5 Å². The Labute approximate surface area is 168 Å². The van der Waals surface area contributed by atoms with E-state index in [-0.39, 0.29) is 5.91 Å². The van der Waals surface area contributed by atoms with Crippen molar-refractivity contribution in [1.29, 1.82) is 0 Å². The van der Waals surface area contributed by atoms with Crippen LogP contribution in [0.4, 0.5) is 5.69 Å². The first-order valence-electron chi connectivity index (χ1n) is 9.45. The highest BCUT2D eigenvalue weighted by atomic mass is 32.1. The molecule has 4 aromatic rings.